The van der Waals surface area contributed by atoms with Crippen LogP contribution >= 0.6 is 23.8 Å². The molecule has 2 aromatic rings. The van der Waals surface area contributed by atoms with E-state index in [4.69, 9.17) is 28.6 Å². The standard InChI is InChI=1S/C13H11ClN2O2S/c1-18-11-5-4-8(7-10(11)14)16-12(17)9-3-2-6-15-13(9)19/h2-7H,1H3,(H,15,19)(H,16,17). The number of hydrogen-bond donors (Lipinski definition) is 2. The van der Waals surface area contributed by atoms with E-state index in [1.807, 2.05) is 0 Å². The third-order valence-electron chi connectivity index (χ3n) is 2.47. The zero-order valence-corrected chi connectivity index (χ0v) is 11.6. The fraction of sp³-hybridized carbons (Fsp3) is 0.0769. The fourth-order valence-electron chi connectivity index (χ4n) is 1.54. The first kappa shape index (κ1) is 13.6. The molecule has 1 aromatic carbocycles. The number of benzene rings is 1. The first-order valence-electron chi connectivity index (χ1n) is 5.44. The topological polar surface area (TPSA) is 54.1 Å². The molecule has 0 radical (unpaired) electrons. The molecule has 2 N–H and O–H groups in total. The van der Waals surface area contributed by atoms with Crippen LogP contribution in [0.15, 0.2) is 36.5 Å². The summed E-state index contributed by atoms with van der Waals surface area (Å²) in [6, 6.07) is 8.38. The first-order chi connectivity index (χ1) is 9.11. The van der Waals surface area contributed by atoms with Crippen molar-refractivity contribution in [2.75, 3.05) is 12.4 Å². The summed E-state index contributed by atoms with van der Waals surface area (Å²) in [6.07, 6.45) is 1.67. The fourth-order valence-corrected chi connectivity index (χ4v) is 2.03. The lowest BCUT2D eigenvalue weighted by Crippen LogP contribution is -2.12. The number of anilines is 1. The van der Waals surface area contributed by atoms with E-state index >= 15 is 0 Å². The number of aromatic amines is 1. The second-order valence-corrected chi connectivity index (χ2v) is 4.53. The van der Waals surface area contributed by atoms with Gasteiger partial charge in [-0.1, -0.05) is 23.8 Å². The second-order valence-electron chi connectivity index (χ2n) is 3.72. The summed E-state index contributed by atoms with van der Waals surface area (Å²) in [7, 11) is 1.53. The molecule has 0 spiro atoms. The predicted molar refractivity (Wildman–Crippen MR) is 77.6 cm³/mol. The lowest BCUT2D eigenvalue weighted by atomic mass is 10.2. The second kappa shape index (κ2) is 5.86. The molecule has 6 heteroatoms. The summed E-state index contributed by atoms with van der Waals surface area (Å²) in [5.41, 5.74) is 0.985. The molecule has 0 aliphatic heterocycles. The van der Waals surface area contributed by atoms with Crippen molar-refractivity contribution in [2.24, 2.45) is 0 Å². The van der Waals surface area contributed by atoms with Crippen molar-refractivity contribution in [3.8, 4) is 5.75 Å². The van der Waals surface area contributed by atoms with Gasteiger partial charge in [-0.2, -0.15) is 0 Å². The summed E-state index contributed by atoms with van der Waals surface area (Å²) in [5, 5.41) is 3.15. The van der Waals surface area contributed by atoms with E-state index in [1.165, 1.54) is 7.11 Å². The van der Waals surface area contributed by atoms with E-state index < -0.39 is 0 Å². The van der Waals surface area contributed by atoms with Crippen LogP contribution in [0.1, 0.15) is 10.4 Å². The van der Waals surface area contributed by atoms with Crippen LogP contribution in [0, 0.1) is 4.64 Å². The van der Waals surface area contributed by atoms with Gasteiger partial charge in [0.1, 0.15) is 10.4 Å². The van der Waals surface area contributed by atoms with Gasteiger partial charge in [-0.15, -0.1) is 0 Å². The van der Waals surface area contributed by atoms with Crippen LogP contribution in [-0.2, 0) is 0 Å². The molecule has 19 heavy (non-hydrogen) atoms. The predicted octanol–water partition coefficient (Wildman–Crippen LogP) is 3.66. The Bertz CT molecular complexity index is 670. The minimum absolute atomic E-state index is 0.289. The van der Waals surface area contributed by atoms with Gasteiger partial charge in [0.15, 0.2) is 0 Å². The van der Waals surface area contributed by atoms with Gasteiger partial charge in [0.25, 0.3) is 5.91 Å². The van der Waals surface area contributed by atoms with E-state index in [-0.39, 0.29) is 5.91 Å². The van der Waals surface area contributed by atoms with Crippen molar-refractivity contribution in [2.45, 2.75) is 0 Å². The Morgan fingerprint density at radius 1 is 1.42 bits per heavy atom. The summed E-state index contributed by atoms with van der Waals surface area (Å²) in [6.45, 7) is 0. The lowest BCUT2D eigenvalue weighted by Gasteiger charge is -2.08. The number of ether oxygens (including phenoxy) is 1. The summed E-state index contributed by atoms with van der Waals surface area (Å²) in [5.74, 6) is 0.264. The number of carbonyl (C=O) groups excluding carboxylic acids is 1. The summed E-state index contributed by atoms with van der Waals surface area (Å²) >= 11 is 11.0. The molecule has 0 fully saturated rings. The largest absolute Gasteiger partial charge is 0.495 e. The number of pyridine rings is 1. The van der Waals surface area contributed by atoms with Crippen LogP contribution in [0.25, 0.3) is 0 Å². The Hall–Kier alpha value is -1.85. The van der Waals surface area contributed by atoms with Crippen LogP contribution in [0.4, 0.5) is 5.69 Å². The van der Waals surface area contributed by atoms with Gasteiger partial charge in [-0.05, 0) is 30.3 Å². The average molecular weight is 295 g/mol. The third-order valence-corrected chi connectivity index (χ3v) is 3.11. The van der Waals surface area contributed by atoms with E-state index in [9.17, 15) is 4.79 Å². The molecule has 98 valence electrons. The van der Waals surface area contributed by atoms with Crippen LogP contribution in [-0.4, -0.2) is 18.0 Å². The maximum atomic E-state index is 12.0. The van der Waals surface area contributed by atoms with Gasteiger partial charge in [-0.3, -0.25) is 4.79 Å². The normalized spacial score (nSPS) is 10.0. The van der Waals surface area contributed by atoms with E-state index in [2.05, 4.69) is 10.3 Å². The zero-order valence-electron chi connectivity index (χ0n) is 10.1. The van der Waals surface area contributed by atoms with Crippen LogP contribution in [0.2, 0.25) is 5.02 Å². The third kappa shape index (κ3) is 3.13. The molecule has 0 unspecified atom stereocenters. The number of halogens is 1. The van der Waals surface area contributed by atoms with Crippen molar-refractivity contribution in [1.82, 2.24) is 4.98 Å². The molecule has 0 saturated carbocycles. The van der Waals surface area contributed by atoms with Crippen molar-refractivity contribution in [3.63, 3.8) is 0 Å². The maximum absolute atomic E-state index is 12.0. The monoisotopic (exact) mass is 294 g/mol. The Morgan fingerprint density at radius 3 is 2.84 bits per heavy atom. The van der Waals surface area contributed by atoms with Gasteiger partial charge in [0.05, 0.1) is 17.7 Å². The number of methoxy groups -OCH3 is 1. The Balaban J connectivity index is 2.22. The van der Waals surface area contributed by atoms with Crippen molar-refractivity contribution in [3.05, 3.63) is 51.8 Å². The number of carbonyl (C=O) groups is 1. The Kier molecular flexibility index (Phi) is 4.19. The molecule has 4 nitrogen and oxygen atoms in total. The summed E-state index contributed by atoms with van der Waals surface area (Å²) < 4.78 is 5.43. The maximum Gasteiger partial charge on any atom is 0.258 e. The van der Waals surface area contributed by atoms with Crippen LogP contribution in [0.3, 0.4) is 0 Å². The highest BCUT2D eigenvalue weighted by Crippen LogP contribution is 2.27. The molecule has 2 rings (SSSR count). The highest BCUT2D eigenvalue weighted by molar-refractivity contribution is 7.71. The number of nitrogens with one attached hydrogen (secondary N) is 2. The minimum atomic E-state index is -0.289. The first-order valence-corrected chi connectivity index (χ1v) is 6.23. The lowest BCUT2D eigenvalue weighted by molar-refractivity contribution is 0.102. The van der Waals surface area contributed by atoms with Gasteiger partial charge in [-0.25, -0.2) is 0 Å². The van der Waals surface area contributed by atoms with Gasteiger partial charge >= 0.3 is 0 Å². The zero-order chi connectivity index (χ0) is 13.8. The van der Waals surface area contributed by atoms with Crippen molar-refractivity contribution < 1.29 is 9.53 Å². The highest BCUT2D eigenvalue weighted by atomic mass is 35.5. The van der Waals surface area contributed by atoms with Crippen molar-refractivity contribution >= 4 is 35.4 Å². The number of H-pyrrole nitrogens is 1. The number of hydrogen-bond acceptors (Lipinski definition) is 3. The number of amides is 1. The number of aromatic nitrogens is 1. The quantitative estimate of drug-likeness (QED) is 0.850. The van der Waals surface area contributed by atoms with E-state index in [0.717, 1.165) is 0 Å². The molecule has 0 saturated heterocycles. The molecular formula is C13H11ClN2O2S. The Morgan fingerprint density at radius 2 is 2.21 bits per heavy atom. The molecule has 1 heterocycles. The minimum Gasteiger partial charge on any atom is -0.495 e. The molecule has 1 amide bonds. The average Bonchev–Trinajstić information content (AvgIpc) is 2.39. The molecule has 0 bridgehead atoms. The molecule has 0 atom stereocenters. The highest BCUT2D eigenvalue weighted by Gasteiger charge is 2.09. The van der Waals surface area contributed by atoms with Crippen LogP contribution < -0.4 is 10.1 Å². The molecule has 0 aliphatic carbocycles. The van der Waals surface area contributed by atoms with Gasteiger partial charge in [0, 0.05) is 11.9 Å². The SMILES string of the molecule is COc1ccc(NC(=O)c2ccc[nH]c2=S)cc1Cl. The summed E-state index contributed by atoms with van der Waals surface area (Å²) in [4.78, 5) is 14.8. The van der Waals surface area contributed by atoms with E-state index in [0.29, 0.717) is 26.7 Å². The van der Waals surface area contributed by atoms with Gasteiger partial charge in [0.2, 0.25) is 0 Å². The van der Waals surface area contributed by atoms with Gasteiger partial charge < -0.3 is 15.0 Å². The van der Waals surface area contributed by atoms with Crippen LogP contribution in [0.5, 0.6) is 5.75 Å². The molecule has 1 aromatic heterocycles. The Labute approximate surface area is 120 Å². The van der Waals surface area contributed by atoms with E-state index in [1.54, 1.807) is 36.5 Å². The molecule has 0 aliphatic rings. The number of rotatable bonds is 3. The van der Waals surface area contributed by atoms with Crippen molar-refractivity contribution in [1.29, 1.82) is 0 Å². The smallest absolute Gasteiger partial charge is 0.258 e. The molecular weight excluding hydrogens is 284 g/mol.